The number of anilines is 2. The maximum atomic E-state index is 13.4. The highest BCUT2D eigenvalue weighted by molar-refractivity contribution is 6.05. The highest BCUT2D eigenvalue weighted by Crippen LogP contribution is 2.39. The molecule has 1 unspecified atom stereocenters. The first-order valence-corrected chi connectivity index (χ1v) is 20.2. The summed E-state index contributed by atoms with van der Waals surface area (Å²) in [6.07, 6.45) is 6.74. The van der Waals surface area contributed by atoms with Crippen molar-refractivity contribution < 1.29 is 28.0 Å². The zero-order valence-corrected chi connectivity index (χ0v) is 33.8. The van der Waals surface area contributed by atoms with Crippen LogP contribution in [-0.4, -0.2) is 122 Å². The van der Waals surface area contributed by atoms with Crippen molar-refractivity contribution in [2.24, 2.45) is 12.9 Å². The van der Waals surface area contributed by atoms with Crippen LogP contribution >= 0.6 is 0 Å². The number of hydrogen-bond acceptors (Lipinski definition) is 11. The second kappa shape index (κ2) is 16.4. The third-order valence-electron chi connectivity index (χ3n) is 12.5. The van der Waals surface area contributed by atoms with E-state index in [1.807, 2.05) is 43.3 Å². The fraction of sp³-hybridized carbons (Fsp3) is 0.477. The molecule has 14 nitrogen and oxygen atoms in total. The number of carbonyl (C=O) groups excluding carboxylic acids is 3. The van der Waals surface area contributed by atoms with Crippen LogP contribution in [0.15, 0.2) is 53.6 Å². The minimum Gasteiger partial charge on any atom is -0.496 e. The summed E-state index contributed by atoms with van der Waals surface area (Å²) >= 11 is 0. The Labute approximate surface area is 343 Å². The normalized spacial score (nSPS) is 20.4. The van der Waals surface area contributed by atoms with Crippen molar-refractivity contribution in [2.75, 3.05) is 83.9 Å². The van der Waals surface area contributed by atoms with E-state index in [1.54, 1.807) is 25.2 Å². The molecule has 0 saturated carbocycles. The number of ether oxygens (including phenoxy) is 2. The molecule has 4 aliphatic rings. The van der Waals surface area contributed by atoms with E-state index < -0.39 is 24.5 Å². The van der Waals surface area contributed by atoms with Crippen molar-refractivity contribution >= 4 is 40.0 Å². The minimum atomic E-state index is -2.69. The Kier molecular flexibility index (Phi) is 10.1. The van der Waals surface area contributed by atoms with Crippen LogP contribution in [0.1, 0.15) is 57.7 Å². The van der Waals surface area contributed by atoms with Crippen molar-refractivity contribution in [1.29, 1.82) is 0 Å². The van der Waals surface area contributed by atoms with Crippen LogP contribution in [0.3, 0.4) is 0 Å². The topological polar surface area (TPSA) is 133 Å². The lowest BCUT2D eigenvalue weighted by atomic mass is 9.92. The number of fused-ring (bicyclic) bond motifs is 2. The molecule has 0 aliphatic carbocycles. The number of methoxy groups -OCH3 is 2. The quantitative estimate of drug-likeness (QED) is 0.222. The third kappa shape index (κ3) is 7.74. The molecule has 2 aromatic carbocycles. The van der Waals surface area contributed by atoms with E-state index in [2.05, 4.69) is 31.1 Å². The second-order valence-corrected chi connectivity index (χ2v) is 16.1. The summed E-state index contributed by atoms with van der Waals surface area (Å²) < 4.78 is 36.9. The fourth-order valence-electron chi connectivity index (χ4n) is 8.97. The first-order valence-electron chi connectivity index (χ1n) is 21.7. The van der Waals surface area contributed by atoms with Crippen LogP contribution in [0.2, 0.25) is 0 Å². The van der Waals surface area contributed by atoms with Crippen molar-refractivity contribution in [3.63, 3.8) is 0 Å². The number of pyridine rings is 2. The summed E-state index contributed by atoms with van der Waals surface area (Å²) in [5.74, 6) is 1.68. The molecule has 58 heavy (non-hydrogen) atoms. The summed E-state index contributed by atoms with van der Waals surface area (Å²) in [5.41, 5.74) is 4.10. The minimum absolute atomic E-state index is 0.140. The molecular formula is C44H54N8O6. The Morgan fingerprint density at radius 1 is 0.879 bits per heavy atom. The van der Waals surface area contributed by atoms with Crippen molar-refractivity contribution in [3.8, 4) is 22.6 Å². The number of carbonyl (C=O) groups is 3. The highest BCUT2D eigenvalue weighted by atomic mass is 16.5. The molecule has 3 fully saturated rings. The van der Waals surface area contributed by atoms with Crippen LogP contribution < -0.4 is 30.1 Å². The fourth-order valence-corrected chi connectivity index (χ4v) is 8.97. The van der Waals surface area contributed by atoms with Crippen molar-refractivity contribution in [1.82, 2.24) is 29.6 Å². The second-order valence-electron chi connectivity index (χ2n) is 16.1. The van der Waals surface area contributed by atoms with Gasteiger partial charge >= 0.3 is 0 Å². The van der Waals surface area contributed by atoms with Crippen LogP contribution in [0.25, 0.3) is 21.9 Å². The number of nitrogens with zero attached hydrogens (tertiary/aromatic N) is 7. The van der Waals surface area contributed by atoms with Gasteiger partial charge < -0.3 is 33.6 Å². The molecule has 1 N–H and O–H groups in total. The zero-order valence-electron chi connectivity index (χ0n) is 36.8. The molecule has 14 heteroatoms. The molecule has 4 aromatic rings. The zero-order chi connectivity index (χ0) is 43.2. The summed E-state index contributed by atoms with van der Waals surface area (Å²) in [6.45, 7) is 4.90. The predicted octanol–water partition coefficient (Wildman–Crippen LogP) is 3.87. The van der Waals surface area contributed by atoms with E-state index in [0.29, 0.717) is 64.8 Å². The van der Waals surface area contributed by atoms with Gasteiger partial charge in [0.25, 0.3) is 11.5 Å². The molecule has 0 spiro atoms. The van der Waals surface area contributed by atoms with Crippen molar-refractivity contribution in [3.05, 3.63) is 75.8 Å². The number of aryl methyl sites for hydroxylation is 1. The number of aromatic nitrogens is 2. The maximum absolute atomic E-state index is 13.4. The lowest BCUT2D eigenvalue weighted by Gasteiger charge is -2.37. The molecule has 1 atom stereocenters. The number of nitrogens with one attached hydrogen (secondary N) is 1. The van der Waals surface area contributed by atoms with Crippen LogP contribution in [0.4, 0.5) is 11.5 Å². The number of hydrogen-bond donors (Lipinski definition) is 1. The predicted molar refractivity (Wildman–Crippen MR) is 224 cm³/mol. The van der Waals surface area contributed by atoms with Gasteiger partial charge in [-0.05, 0) is 79.6 Å². The number of imide groups is 1. The van der Waals surface area contributed by atoms with Gasteiger partial charge in [0, 0.05) is 119 Å². The smallest absolute Gasteiger partial charge is 0.259 e. The van der Waals surface area contributed by atoms with E-state index in [9.17, 15) is 19.2 Å². The van der Waals surface area contributed by atoms with Gasteiger partial charge in [-0.15, -0.1) is 0 Å². The first kappa shape index (κ1) is 35.7. The molecule has 8 rings (SSSR count). The van der Waals surface area contributed by atoms with Crippen LogP contribution in [-0.2, 0) is 29.7 Å². The number of amides is 3. The molecule has 3 amide bonds. The van der Waals surface area contributed by atoms with E-state index in [0.717, 1.165) is 86.5 Å². The van der Waals surface area contributed by atoms with Gasteiger partial charge in [0.05, 0.1) is 25.2 Å². The van der Waals surface area contributed by atoms with Crippen LogP contribution in [0.5, 0.6) is 11.5 Å². The van der Waals surface area contributed by atoms with E-state index in [1.165, 1.54) is 12.4 Å². The van der Waals surface area contributed by atoms with Gasteiger partial charge in [-0.25, -0.2) is 4.98 Å². The molecule has 2 aromatic heterocycles. The van der Waals surface area contributed by atoms with Gasteiger partial charge in [0.2, 0.25) is 11.8 Å². The Bertz CT molecular complexity index is 2380. The summed E-state index contributed by atoms with van der Waals surface area (Å²) in [6, 6.07) is 11.0. The molecule has 0 radical (unpaired) electrons. The highest BCUT2D eigenvalue weighted by Gasteiger charge is 2.39. The lowest BCUT2D eigenvalue weighted by molar-refractivity contribution is -0.136. The molecule has 6 heterocycles. The molecule has 3 saturated heterocycles. The van der Waals surface area contributed by atoms with E-state index >= 15 is 0 Å². The Hall–Kier alpha value is -5.47. The lowest BCUT2D eigenvalue weighted by Crippen LogP contribution is -2.52. The molecule has 306 valence electrons. The van der Waals surface area contributed by atoms with Crippen LogP contribution in [0, 0.1) is 5.92 Å². The number of piperazine rings is 1. The largest absolute Gasteiger partial charge is 0.496 e. The van der Waals surface area contributed by atoms with Gasteiger partial charge in [-0.1, -0.05) is 6.07 Å². The third-order valence-corrected chi connectivity index (χ3v) is 12.5. The van der Waals surface area contributed by atoms with Gasteiger partial charge in [-0.2, -0.15) is 0 Å². The number of benzene rings is 2. The summed E-state index contributed by atoms with van der Waals surface area (Å²) in [5, 5.41) is 3.17. The number of piperidine rings is 2. The standard InChI is InChI=1S/C44H54N8O6/c1-47(2)40-23-33-34(24-45-40)43(55)48(3)26-35(33)30-20-38(57-4)36(39(21-30)58-5)27-50-18-16-49(17-19-50)13-10-28-11-14-51(15-12-28)31-7-6-29-25-52(44(56)32(29)22-31)37-8-9-41(53)46-42(37)54/h6-7,20-24,26,28,37H,8-19,25,27H2,1-5H3,(H,46,53,54)/i3D3. The molecule has 0 bridgehead atoms. The average Bonchev–Trinajstić information content (AvgIpc) is 3.57. The summed E-state index contributed by atoms with van der Waals surface area (Å²) in [7, 11) is 6.94. The average molecular weight is 794 g/mol. The van der Waals surface area contributed by atoms with E-state index in [4.69, 9.17) is 13.6 Å². The van der Waals surface area contributed by atoms with Crippen molar-refractivity contribution in [2.45, 2.75) is 51.2 Å². The van der Waals surface area contributed by atoms with Gasteiger partial charge in [0.15, 0.2) is 0 Å². The molecular weight excluding hydrogens is 737 g/mol. The summed E-state index contributed by atoms with van der Waals surface area (Å²) in [4.78, 5) is 66.0. The van der Waals surface area contributed by atoms with Gasteiger partial charge in [-0.3, -0.25) is 29.4 Å². The van der Waals surface area contributed by atoms with E-state index in [-0.39, 0.29) is 23.6 Å². The Morgan fingerprint density at radius 2 is 1.60 bits per heavy atom. The monoisotopic (exact) mass is 793 g/mol. The Balaban J connectivity index is 0.865. The first-order chi connectivity index (χ1) is 29.2. The maximum Gasteiger partial charge on any atom is 0.259 e. The molecule has 4 aliphatic heterocycles. The Morgan fingerprint density at radius 3 is 2.28 bits per heavy atom. The van der Waals surface area contributed by atoms with Gasteiger partial charge in [0.1, 0.15) is 23.4 Å². The SMILES string of the molecule is [2H]C([2H])([2H])n1cc(-c2cc(OC)c(CN3CCN(CCC4CCN(c5ccc6c(c5)C(=O)N(C5CCC(=O)NC5=O)C6)CC4)CC3)c(OC)c2)c2cc(N(C)C)ncc2c1=O. The number of rotatable bonds is 11.